The number of rotatable bonds is 5. The molecule has 2 nitrogen and oxygen atoms in total. The highest BCUT2D eigenvalue weighted by Crippen LogP contribution is 2.31. The standard InChI is InChI=1S/C18H25NO/c1-5-13-10-14(6-2)17(15(7-3)11-13)18(19)16-8-9-20-12(16)4/h8-11,18H,5-7,19H2,1-4H3. The van der Waals surface area contributed by atoms with Crippen LogP contribution in [-0.4, -0.2) is 0 Å². The average molecular weight is 271 g/mol. The van der Waals surface area contributed by atoms with Gasteiger partial charge in [0, 0.05) is 5.56 Å². The third-order valence-corrected chi connectivity index (χ3v) is 4.13. The highest BCUT2D eigenvalue weighted by Gasteiger charge is 2.19. The molecule has 2 aromatic rings. The van der Waals surface area contributed by atoms with Crippen molar-refractivity contribution in [1.29, 1.82) is 0 Å². The Hall–Kier alpha value is -1.54. The van der Waals surface area contributed by atoms with Crippen LogP contribution < -0.4 is 5.73 Å². The molecule has 0 aliphatic rings. The quantitative estimate of drug-likeness (QED) is 0.879. The topological polar surface area (TPSA) is 39.2 Å². The molecular formula is C18H25NO. The molecule has 1 heterocycles. The molecule has 0 radical (unpaired) electrons. The molecule has 1 atom stereocenters. The van der Waals surface area contributed by atoms with E-state index >= 15 is 0 Å². The fourth-order valence-electron chi connectivity index (χ4n) is 2.91. The minimum Gasteiger partial charge on any atom is -0.469 e. The molecule has 0 bridgehead atoms. The van der Waals surface area contributed by atoms with Crippen LogP contribution in [-0.2, 0) is 19.3 Å². The summed E-state index contributed by atoms with van der Waals surface area (Å²) < 4.78 is 5.42. The maximum atomic E-state index is 6.55. The lowest BCUT2D eigenvalue weighted by atomic mass is 9.87. The van der Waals surface area contributed by atoms with E-state index < -0.39 is 0 Å². The van der Waals surface area contributed by atoms with Crippen molar-refractivity contribution >= 4 is 0 Å². The Balaban J connectivity index is 2.57. The second-order valence-electron chi connectivity index (χ2n) is 5.30. The fourth-order valence-corrected chi connectivity index (χ4v) is 2.91. The summed E-state index contributed by atoms with van der Waals surface area (Å²) in [4.78, 5) is 0. The van der Waals surface area contributed by atoms with Crippen molar-refractivity contribution in [2.24, 2.45) is 5.73 Å². The highest BCUT2D eigenvalue weighted by atomic mass is 16.3. The van der Waals surface area contributed by atoms with Crippen molar-refractivity contribution in [3.63, 3.8) is 0 Å². The van der Waals surface area contributed by atoms with Gasteiger partial charge in [-0.2, -0.15) is 0 Å². The molecule has 0 saturated heterocycles. The largest absolute Gasteiger partial charge is 0.469 e. The van der Waals surface area contributed by atoms with E-state index in [-0.39, 0.29) is 6.04 Å². The molecular weight excluding hydrogens is 246 g/mol. The van der Waals surface area contributed by atoms with Gasteiger partial charge in [-0.15, -0.1) is 0 Å². The summed E-state index contributed by atoms with van der Waals surface area (Å²) in [6.45, 7) is 8.58. The molecule has 2 heteroatoms. The molecule has 2 N–H and O–H groups in total. The molecule has 1 aromatic heterocycles. The molecule has 0 aliphatic heterocycles. The Kier molecular flexibility index (Phi) is 4.66. The molecule has 0 saturated carbocycles. The summed E-state index contributed by atoms with van der Waals surface area (Å²) in [5, 5.41) is 0. The van der Waals surface area contributed by atoms with Gasteiger partial charge in [0.2, 0.25) is 0 Å². The van der Waals surface area contributed by atoms with E-state index in [9.17, 15) is 0 Å². The van der Waals surface area contributed by atoms with Gasteiger partial charge in [-0.1, -0.05) is 32.9 Å². The van der Waals surface area contributed by atoms with E-state index in [4.69, 9.17) is 10.2 Å². The summed E-state index contributed by atoms with van der Waals surface area (Å²) in [7, 11) is 0. The first-order valence-corrected chi connectivity index (χ1v) is 7.56. The molecule has 0 aliphatic carbocycles. The van der Waals surface area contributed by atoms with Gasteiger partial charge >= 0.3 is 0 Å². The zero-order valence-electron chi connectivity index (χ0n) is 13.0. The molecule has 0 fully saturated rings. The van der Waals surface area contributed by atoms with Gasteiger partial charge in [-0.25, -0.2) is 0 Å². The summed E-state index contributed by atoms with van der Waals surface area (Å²) in [5.74, 6) is 0.918. The van der Waals surface area contributed by atoms with Gasteiger partial charge < -0.3 is 10.2 Å². The van der Waals surface area contributed by atoms with Crippen LogP contribution in [0.2, 0.25) is 0 Å². The fraction of sp³-hybridized carbons (Fsp3) is 0.444. The van der Waals surface area contributed by atoms with Crippen LogP contribution >= 0.6 is 0 Å². The maximum absolute atomic E-state index is 6.55. The zero-order chi connectivity index (χ0) is 14.7. The highest BCUT2D eigenvalue weighted by molar-refractivity contribution is 5.46. The van der Waals surface area contributed by atoms with E-state index in [2.05, 4.69) is 32.9 Å². The lowest BCUT2D eigenvalue weighted by molar-refractivity contribution is 0.527. The van der Waals surface area contributed by atoms with Crippen LogP contribution in [0.1, 0.15) is 60.4 Å². The molecule has 1 aromatic carbocycles. The van der Waals surface area contributed by atoms with Crippen LogP contribution in [0.4, 0.5) is 0 Å². The van der Waals surface area contributed by atoms with Crippen molar-refractivity contribution in [3.8, 4) is 0 Å². The molecule has 2 rings (SSSR count). The van der Waals surface area contributed by atoms with Crippen LogP contribution in [0.25, 0.3) is 0 Å². The summed E-state index contributed by atoms with van der Waals surface area (Å²) in [5.41, 5.74) is 13.1. The third-order valence-electron chi connectivity index (χ3n) is 4.13. The van der Waals surface area contributed by atoms with Crippen molar-refractivity contribution in [2.75, 3.05) is 0 Å². The van der Waals surface area contributed by atoms with E-state index in [1.54, 1.807) is 6.26 Å². The van der Waals surface area contributed by atoms with Crippen molar-refractivity contribution in [1.82, 2.24) is 0 Å². The van der Waals surface area contributed by atoms with Gasteiger partial charge in [-0.05, 0) is 54.5 Å². The number of hydrogen-bond donors (Lipinski definition) is 1. The molecule has 20 heavy (non-hydrogen) atoms. The Morgan fingerprint density at radius 3 is 2.05 bits per heavy atom. The summed E-state index contributed by atoms with van der Waals surface area (Å²) in [6, 6.07) is 6.52. The van der Waals surface area contributed by atoms with Crippen molar-refractivity contribution in [2.45, 2.75) is 53.0 Å². The van der Waals surface area contributed by atoms with Crippen LogP contribution in [0.3, 0.4) is 0 Å². The predicted molar refractivity (Wildman–Crippen MR) is 84.1 cm³/mol. The van der Waals surface area contributed by atoms with Gasteiger partial charge in [0.05, 0.1) is 12.3 Å². The first kappa shape index (κ1) is 14.9. The molecule has 1 unspecified atom stereocenters. The average Bonchev–Trinajstić information content (AvgIpc) is 2.91. The van der Waals surface area contributed by atoms with Gasteiger partial charge in [0.15, 0.2) is 0 Å². The lowest BCUT2D eigenvalue weighted by Crippen LogP contribution is -2.17. The second kappa shape index (κ2) is 6.27. The Bertz CT molecular complexity index is 558. The Morgan fingerprint density at radius 2 is 1.65 bits per heavy atom. The first-order chi connectivity index (χ1) is 9.62. The summed E-state index contributed by atoms with van der Waals surface area (Å²) in [6.07, 6.45) is 4.82. The van der Waals surface area contributed by atoms with Crippen LogP contribution in [0.15, 0.2) is 28.9 Å². The molecule has 0 amide bonds. The first-order valence-electron chi connectivity index (χ1n) is 7.56. The summed E-state index contributed by atoms with van der Waals surface area (Å²) >= 11 is 0. The van der Waals surface area contributed by atoms with Gasteiger partial charge in [0.1, 0.15) is 5.76 Å². The van der Waals surface area contributed by atoms with Crippen molar-refractivity contribution in [3.05, 3.63) is 58.0 Å². The lowest BCUT2D eigenvalue weighted by Gasteiger charge is -2.21. The van der Waals surface area contributed by atoms with Gasteiger partial charge in [-0.3, -0.25) is 0 Å². The Morgan fingerprint density at radius 1 is 1.05 bits per heavy atom. The minimum atomic E-state index is -0.0930. The predicted octanol–water partition coefficient (Wildman–Crippen LogP) is 4.32. The van der Waals surface area contributed by atoms with Crippen molar-refractivity contribution < 1.29 is 4.42 Å². The van der Waals surface area contributed by atoms with E-state index in [0.717, 1.165) is 30.6 Å². The SMILES string of the molecule is CCc1cc(CC)c(C(N)c2ccoc2C)c(CC)c1. The number of benzene rings is 1. The minimum absolute atomic E-state index is 0.0930. The number of furan rings is 1. The van der Waals surface area contributed by atoms with E-state index in [1.807, 2.05) is 13.0 Å². The normalized spacial score (nSPS) is 12.7. The third kappa shape index (κ3) is 2.66. The second-order valence-corrected chi connectivity index (χ2v) is 5.30. The maximum Gasteiger partial charge on any atom is 0.105 e. The van der Waals surface area contributed by atoms with Crippen LogP contribution in [0, 0.1) is 6.92 Å². The zero-order valence-corrected chi connectivity index (χ0v) is 13.0. The van der Waals surface area contributed by atoms with E-state index in [0.29, 0.717) is 0 Å². The van der Waals surface area contributed by atoms with Crippen LogP contribution in [0.5, 0.6) is 0 Å². The number of nitrogens with two attached hydrogens (primary N) is 1. The molecule has 0 spiro atoms. The van der Waals surface area contributed by atoms with E-state index in [1.165, 1.54) is 22.3 Å². The Labute approximate surface area is 122 Å². The number of hydrogen-bond acceptors (Lipinski definition) is 2. The van der Waals surface area contributed by atoms with Gasteiger partial charge in [0.25, 0.3) is 0 Å². The smallest absolute Gasteiger partial charge is 0.105 e. The number of aryl methyl sites for hydroxylation is 4. The molecule has 108 valence electrons. The monoisotopic (exact) mass is 271 g/mol.